The number of carbonyl (C=O) groups excluding carboxylic acids is 1. The van der Waals surface area contributed by atoms with Crippen LogP contribution in [0.2, 0.25) is 0 Å². The van der Waals surface area contributed by atoms with Crippen molar-refractivity contribution in [2.75, 3.05) is 18.1 Å². The van der Waals surface area contributed by atoms with E-state index in [1.165, 1.54) is 0 Å². The fourth-order valence-corrected chi connectivity index (χ4v) is 1.90. The van der Waals surface area contributed by atoms with Crippen molar-refractivity contribution in [3.8, 4) is 11.3 Å². The third-order valence-corrected chi connectivity index (χ3v) is 4.23. The third-order valence-electron chi connectivity index (χ3n) is 2.93. The van der Waals surface area contributed by atoms with Gasteiger partial charge in [0.05, 0.1) is 0 Å². The van der Waals surface area contributed by atoms with Gasteiger partial charge in [0.1, 0.15) is 0 Å². The summed E-state index contributed by atoms with van der Waals surface area (Å²) in [7, 11) is -0.971. The molecular weight excluding hydrogens is 290 g/mol. The van der Waals surface area contributed by atoms with Crippen molar-refractivity contribution >= 4 is 22.6 Å². The molecule has 0 aliphatic heterocycles. The molecule has 0 radical (unpaired) electrons. The van der Waals surface area contributed by atoms with Crippen molar-refractivity contribution in [3.63, 3.8) is 0 Å². The molecule has 0 saturated carbocycles. The van der Waals surface area contributed by atoms with E-state index in [9.17, 15) is 9.00 Å². The smallest absolute Gasteiger partial charge is 0.320 e. The lowest BCUT2D eigenvalue weighted by molar-refractivity contribution is 0.252. The standard InChI is InChI=1S/C14H17N3O3S/c1-10(21(2)19)9-15-14(18)16-13-8-12(20-17-13)11-6-4-3-5-7-11/h3-8,10H,9H2,1-2H3,(H2,15,16,17,18)/t10-,21+/m0/s1. The Morgan fingerprint density at radius 3 is 2.76 bits per heavy atom. The van der Waals surface area contributed by atoms with E-state index in [4.69, 9.17) is 4.52 Å². The molecule has 7 heteroatoms. The lowest BCUT2D eigenvalue weighted by Crippen LogP contribution is -2.35. The highest BCUT2D eigenvalue weighted by molar-refractivity contribution is 7.84. The van der Waals surface area contributed by atoms with Crippen LogP contribution in [0.3, 0.4) is 0 Å². The number of nitrogens with zero attached hydrogens (tertiary/aromatic N) is 1. The molecule has 1 aromatic heterocycles. The number of benzene rings is 1. The molecule has 1 aromatic carbocycles. The number of carbonyl (C=O) groups is 1. The van der Waals surface area contributed by atoms with Crippen molar-refractivity contribution in [1.82, 2.24) is 10.5 Å². The normalized spacial score (nSPS) is 13.4. The van der Waals surface area contributed by atoms with Crippen LogP contribution >= 0.6 is 0 Å². The molecule has 2 atom stereocenters. The molecule has 2 rings (SSSR count). The molecule has 112 valence electrons. The van der Waals surface area contributed by atoms with Crippen LogP contribution < -0.4 is 10.6 Å². The van der Waals surface area contributed by atoms with Crippen LogP contribution in [0.1, 0.15) is 6.92 Å². The van der Waals surface area contributed by atoms with Crippen molar-refractivity contribution in [2.24, 2.45) is 0 Å². The Kier molecular flexibility index (Phi) is 5.10. The minimum atomic E-state index is -0.971. The molecule has 2 aromatic rings. The van der Waals surface area contributed by atoms with Gasteiger partial charge in [0.25, 0.3) is 0 Å². The number of amides is 2. The van der Waals surface area contributed by atoms with Crippen molar-refractivity contribution in [3.05, 3.63) is 36.4 Å². The fourth-order valence-electron chi connectivity index (χ4n) is 1.59. The average Bonchev–Trinajstić information content (AvgIpc) is 2.94. The maximum absolute atomic E-state index is 11.7. The summed E-state index contributed by atoms with van der Waals surface area (Å²) < 4.78 is 16.4. The highest BCUT2D eigenvalue weighted by Crippen LogP contribution is 2.21. The van der Waals surface area contributed by atoms with Gasteiger partial charge in [-0.05, 0) is 6.92 Å². The second-order valence-electron chi connectivity index (χ2n) is 4.59. The first-order valence-electron chi connectivity index (χ1n) is 6.45. The number of urea groups is 1. The first-order chi connectivity index (χ1) is 10.1. The molecule has 0 aliphatic carbocycles. The largest absolute Gasteiger partial charge is 0.354 e. The summed E-state index contributed by atoms with van der Waals surface area (Å²) in [5.74, 6) is 0.908. The monoisotopic (exact) mass is 307 g/mol. The van der Waals surface area contributed by atoms with Crippen molar-refractivity contribution in [2.45, 2.75) is 12.2 Å². The van der Waals surface area contributed by atoms with Crippen molar-refractivity contribution in [1.29, 1.82) is 0 Å². The van der Waals surface area contributed by atoms with E-state index < -0.39 is 16.8 Å². The summed E-state index contributed by atoms with van der Waals surface area (Å²) in [6.07, 6.45) is 1.61. The summed E-state index contributed by atoms with van der Waals surface area (Å²) in [5, 5.41) is 8.89. The first kappa shape index (κ1) is 15.2. The quantitative estimate of drug-likeness (QED) is 0.887. The predicted molar refractivity (Wildman–Crippen MR) is 82.5 cm³/mol. The molecule has 0 fully saturated rings. The molecule has 0 spiro atoms. The Morgan fingerprint density at radius 1 is 1.38 bits per heavy atom. The molecule has 0 unspecified atom stereocenters. The van der Waals surface area contributed by atoms with Crippen LogP contribution in [-0.4, -0.2) is 33.4 Å². The maximum atomic E-state index is 11.7. The lowest BCUT2D eigenvalue weighted by atomic mass is 10.2. The van der Waals surface area contributed by atoms with Crippen LogP contribution in [0.4, 0.5) is 10.6 Å². The Labute approximate surface area is 125 Å². The minimum absolute atomic E-state index is 0.104. The molecule has 2 N–H and O–H groups in total. The zero-order valence-corrected chi connectivity index (χ0v) is 12.6. The number of nitrogens with one attached hydrogen (secondary N) is 2. The van der Waals surface area contributed by atoms with Crippen LogP contribution in [0, 0.1) is 0 Å². The first-order valence-corrected chi connectivity index (χ1v) is 8.07. The molecule has 2 amide bonds. The van der Waals surface area contributed by atoms with E-state index in [-0.39, 0.29) is 5.25 Å². The van der Waals surface area contributed by atoms with E-state index in [1.54, 1.807) is 19.2 Å². The molecule has 0 bridgehead atoms. The minimum Gasteiger partial charge on any atom is -0.354 e. The van der Waals surface area contributed by atoms with Gasteiger partial charge >= 0.3 is 6.03 Å². The fraction of sp³-hybridized carbons (Fsp3) is 0.286. The highest BCUT2D eigenvalue weighted by Gasteiger charge is 2.11. The predicted octanol–water partition coefficient (Wildman–Crippen LogP) is 2.23. The Hall–Kier alpha value is -2.15. The Morgan fingerprint density at radius 2 is 2.10 bits per heavy atom. The van der Waals surface area contributed by atoms with Crippen LogP contribution in [0.5, 0.6) is 0 Å². The number of anilines is 1. The van der Waals surface area contributed by atoms with Gasteiger partial charge in [-0.3, -0.25) is 9.53 Å². The third kappa shape index (κ3) is 4.42. The molecule has 6 nitrogen and oxygen atoms in total. The number of rotatable bonds is 5. The summed E-state index contributed by atoms with van der Waals surface area (Å²) in [6, 6.07) is 10.7. The Bertz CT molecular complexity index is 627. The van der Waals surface area contributed by atoms with Crippen LogP contribution in [-0.2, 0) is 10.8 Å². The second kappa shape index (κ2) is 7.03. The molecule has 0 aliphatic rings. The van der Waals surface area contributed by atoms with Gasteiger partial charge in [-0.1, -0.05) is 35.5 Å². The van der Waals surface area contributed by atoms with E-state index in [0.717, 1.165) is 5.56 Å². The lowest BCUT2D eigenvalue weighted by Gasteiger charge is -2.09. The van der Waals surface area contributed by atoms with E-state index in [1.807, 2.05) is 30.3 Å². The molecule has 1 heterocycles. The van der Waals surface area contributed by atoms with Crippen LogP contribution in [0.25, 0.3) is 11.3 Å². The summed E-state index contributed by atoms with van der Waals surface area (Å²) in [4.78, 5) is 11.7. The van der Waals surface area contributed by atoms with Crippen LogP contribution in [0.15, 0.2) is 40.9 Å². The van der Waals surface area contributed by atoms with E-state index >= 15 is 0 Å². The second-order valence-corrected chi connectivity index (χ2v) is 6.39. The summed E-state index contributed by atoms with van der Waals surface area (Å²) in [5.41, 5.74) is 0.883. The SMILES string of the molecule is C[C@@H](CNC(=O)Nc1cc(-c2ccccc2)on1)[S@@](C)=O. The maximum Gasteiger partial charge on any atom is 0.320 e. The average molecular weight is 307 g/mol. The number of hydrogen-bond acceptors (Lipinski definition) is 4. The van der Waals surface area contributed by atoms with Gasteiger partial charge in [-0.2, -0.15) is 0 Å². The molecule has 21 heavy (non-hydrogen) atoms. The van der Waals surface area contributed by atoms with E-state index in [2.05, 4.69) is 15.8 Å². The number of aromatic nitrogens is 1. The van der Waals surface area contributed by atoms with Gasteiger partial charge in [0, 0.05) is 40.5 Å². The highest BCUT2D eigenvalue weighted by atomic mass is 32.2. The van der Waals surface area contributed by atoms with E-state index in [0.29, 0.717) is 18.1 Å². The molecular formula is C14H17N3O3S. The summed E-state index contributed by atoms with van der Waals surface area (Å²) >= 11 is 0. The van der Waals surface area contributed by atoms with Gasteiger partial charge < -0.3 is 9.84 Å². The zero-order valence-electron chi connectivity index (χ0n) is 11.8. The topological polar surface area (TPSA) is 84.2 Å². The van der Waals surface area contributed by atoms with Gasteiger partial charge in [0.15, 0.2) is 11.6 Å². The molecule has 0 saturated heterocycles. The Balaban J connectivity index is 1.91. The summed E-state index contributed by atoms with van der Waals surface area (Å²) in [6.45, 7) is 2.14. The van der Waals surface area contributed by atoms with Gasteiger partial charge in [0.2, 0.25) is 0 Å². The van der Waals surface area contributed by atoms with Crippen molar-refractivity contribution < 1.29 is 13.5 Å². The zero-order chi connectivity index (χ0) is 15.2. The number of hydrogen-bond donors (Lipinski definition) is 2. The van der Waals surface area contributed by atoms with Gasteiger partial charge in [-0.25, -0.2) is 4.79 Å². The van der Waals surface area contributed by atoms with Gasteiger partial charge in [-0.15, -0.1) is 0 Å².